The molecule has 84 valence electrons. The van der Waals surface area contributed by atoms with Crippen LogP contribution in [0.15, 0.2) is 36.4 Å². The fraction of sp³-hybridized carbons (Fsp3) is 0.167. The van der Waals surface area contributed by atoms with Gasteiger partial charge < -0.3 is 15.8 Å². The van der Waals surface area contributed by atoms with Crippen molar-refractivity contribution in [3.05, 3.63) is 58.4 Å². The summed E-state index contributed by atoms with van der Waals surface area (Å²) in [6.07, 6.45) is -0.695. The molecule has 2 rings (SSSR count). The van der Waals surface area contributed by atoms with E-state index in [1.807, 2.05) is 24.3 Å². The lowest BCUT2D eigenvalue weighted by atomic mass is 10.1. The minimum Gasteiger partial charge on any atom is -0.382 e. The van der Waals surface area contributed by atoms with E-state index in [4.69, 9.17) is 17.3 Å². The van der Waals surface area contributed by atoms with Crippen molar-refractivity contribution in [1.29, 1.82) is 0 Å². The second-order valence-electron chi connectivity index (χ2n) is 3.60. The molecule has 0 spiro atoms. The normalized spacial score (nSPS) is 12.7. The Labute approximate surface area is 98.9 Å². The molecule has 0 aliphatic carbocycles. The monoisotopic (exact) mass is 236 g/mol. The molecule has 1 unspecified atom stereocenters. The molecule has 0 bridgehead atoms. The van der Waals surface area contributed by atoms with Gasteiger partial charge in [0, 0.05) is 23.0 Å². The molecule has 4 heteroatoms. The Bertz CT molecular complexity index is 481. The van der Waals surface area contributed by atoms with Crippen LogP contribution in [0.4, 0.5) is 0 Å². The molecule has 0 fully saturated rings. The summed E-state index contributed by atoms with van der Waals surface area (Å²) in [5.74, 6) is 0. The van der Waals surface area contributed by atoms with Crippen LogP contribution in [0.1, 0.15) is 23.1 Å². The van der Waals surface area contributed by atoms with Crippen molar-refractivity contribution in [2.75, 3.05) is 0 Å². The Kier molecular flexibility index (Phi) is 3.29. The van der Waals surface area contributed by atoms with Gasteiger partial charge in [0.1, 0.15) is 6.10 Å². The number of hydrogen-bond acceptors (Lipinski definition) is 2. The molecule has 1 aromatic carbocycles. The highest BCUT2D eigenvalue weighted by molar-refractivity contribution is 6.30. The Morgan fingerprint density at radius 3 is 2.75 bits per heavy atom. The predicted molar refractivity (Wildman–Crippen MR) is 64.2 cm³/mol. The summed E-state index contributed by atoms with van der Waals surface area (Å²) in [6, 6.07) is 10.9. The van der Waals surface area contributed by atoms with E-state index in [0.717, 1.165) is 17.0 Å². The minimum absolute atomic E-state index is 0.433. The largest absolute Gasteiger partial charge is 0.382 e. The average Bonchev–Trinajstić information content (AvgIpc) is 2.76. The van der Waals surface area contributed by atoms with E-state index in [-0.39, 0.29) is 0 Å². The van der Waals surface area contributed by atoms with Crippen LogP contribution in [0.2, 0.25) is 5.02 Å². The van der Waals surface area contributed by atoms with Crippen LogP contribution in [0.25, 0.3) is 0 Å². The predicted octanol–water partition coefficient (Wildman–Crippen LogP) is 2.21. The van der Waals surface area contributed by atoms with Crippen molar-refractivity contribution in [3.63, 3.8) is 0 Å². The van der Waals surface area contributed by atoms with E-state index >= 15 is 0 Å². The third-order valence-electron chi connectivity index (χ3n) is 2.45. The van der Waals surface area contributed by atoms with Crippen LogP contribution in [0.3, 0.4) is 0 Å². The van der Waals surface area contributed by atoms with Crippen LogP contribution in [-0.4, -0.2) is 10.1 Å². The van der Waals surface area contributed by atoms with E-state index in [1.54, 1.807) is 12.1 Å². The Morgan fingerprint density at radius 2 is 2.12 bits per heavy atom. The SMILES string of the molecule is NCc1ccc(C(O)c2cccc(Cl)c2)[nH]1. The Morgan fingerprint density at radius 1 is 1.31 bits per heavy atom. The zero-order chi connectivity index (χ0) is 11.5. The minimum atomic E-state index is -0.695. The van der Waals surface area contributed by atoms with Gasteiger partial charge in [-0.1, -0.05) is 23.7 Å². The van der Waals surface area contributed by atoms with Crippen LogP contribution >= 0.6 is 11.6 Å². The van der Waals surface area contributed by atoms with Gasteiger partial charge in [-0.25, -0.2) is 0 Å². The fourth-order valence-electron chi connectivity index (χ4n) is 1.59. The summed E-state index contributed by atoms with van der Waals surface area (Å²) in [4.78, 5) is 3.06. The number of aliphatic hydroxyl groups is 1. The van der Waals surface area contributed by atoms with Crippen molar-refractivity contribution in [1.82, 2.24) is 4.98 Å². The van der Waals surface area contributed by atoms with Gasteiger partial charge in [-0.3, -0.25) is 0 Å². The van der Waals surface area contributed by atoms with Gasteiger partial charge in [-0.15, -0.1) is 0 Å². The average molecular weight is 237 g/mol. The van der Waals surface area contributed by atoms with Gasteiger partial charge in [-0.2, -0.15) is 0 Å². The molecular formula is C12H13ClN2O. The van der Waals surface area contributed by atoms with Crippen LogP contribution in [0.5, 0.6) is 0 Å². The van der Waals surface area contributed by atoms with E-state index in [2.05, 4.69) is 4.98 Å². The first kappa shape index (κ1) is 11.2. The first-order chi connectivity index (χ1) is 7.70. The van der Waals surface area contributed by atoms with E-state index in [0.29, 0.717) is 11.6 Å². The molecule has 3 nitrogen and oxygen atoms in total. The maximum atomic E-state index is 10.1. The maximum Gasteiger partial charge on any atom is 0.119 e. The molecule has 0 saturated heterocycles. The van der Waals surface area contributed by atoms with Crippen LogP contribution in [-0.2, 0) is 6.54 Å². The zero-order valence-electron chi connectivity index (χ0n) is 8.65. The van der Waals surface area contributed by atoms with E-state index in [1.165, 1.54) is 0 Å². The Hall–Kier alpha value is -1.29. The zero-order valence-corrected chi connectivity index (χ0v) is 9.41. The molecule has 1 aromatic heterocycles. The topological polar surface area (TPSA) is 62.0 Å². The van der Waals surface area contributed by atoms with Gasteiger partial charge in [-0.05, 0) is 29.8 Å². The second kappa shape index (κ2) is 4.70. The van der Waals surface area contributed by atoms with E-state index in [9.17, 15) is 5.11 Å². The van der Waals surface area contributed by atoms with Crippen LogP contribution < -0.4 is 5.73 Å². The highest BCUT2D eigenvalue weighted by Gasteiger charge is 2.12. The first-order valence-electron chi connectivity index (χ1n) is 5.02. The molecule has 0 saturated carbocycles. The summed E-state index contributed by atoms with van der Waals surface area (Å²) in [7, 11) is 0. The fourth-order valence-corrected chi connectivity index (χ4v) is 1.79. The molecule has 0 amide bonds. The number of rotatable bonds is 3. The summed E-state index contributed by atoms with van der Waals surface area (Å²) < 4.78 is 0. The number of nitrogens with one attached hydrogen (secondary N) is 1. The number of hydrogen-bond donors (Lipinski definition) is 3. The number of H-pyrrole nitrogens is 1. The number of aliphatic hydroxyl groups excluding tert-OH is 1. The van der Waals surface area contributed by atoms with Gasteiger partial charge in [0.25, 0.3) is 0 Å². The molecule has 1 atom stereocenters. The van der Waals surface area contributed by atoms with Crippen molar-refractivity contribution >= 4 is 11.6 Å². The summed E-state index contributed by atoms with van der Waals surface area (Å²) in [5.41, 5.74) is 7.88. The quantitative estimate of drug-likeness (QED) is 0.765. The van der Waals surface area contributed by atoms with Crippen molar-refractivity contribution in [2.24, 2.45) is 5.73 Å². The lowest BCUT2D eigenvalue weighted by molar-refractivity contribution is 0.216. The molecule has 0 radical (unpaired) electrons. The van der Waals surface area contributed by atoms with Gasteiger partial charge in [0.2, 0.25) is 0 Å². The molecule has 16 heavy (non-hydrogen) atoms. The summed E-state index contributed by atoms with van der Waals surface area (Å²) in [6.45, 7) is 0.433. The Balaban J connectivity index is 2.27. The number of aromatic nitrogens is 1. The van der Waals surface area contributed by atoms with Crippen molar-refractivity contribution < 1.29 is 5.11 Å². The standard InChI is InChI=1S/C12H13ClN2O/c13-9-3-1-2-8(6-9)12(16)11-5-4-10(7-14)15-11/h1-6,12,15-16H,7,14H2. The molecular weight excluding hydrogens is 224 g/mol. The molecule has 0 aliphatic heterocycles. The molecule has 1 heterocycles. The van der Waals surface area contributed by atoms with E-state index < -0.39 is 6.10 Å². The maximum absolute atomic E-state index is 10.1. The third-order valence-corrected chi connectivity index (χ3v) is 2.68. The van der Waals surface area contributed by atoms with Crippen molar-refractivity contribution in [3.8, 4) is 0 Å². The summed E-state index contributed by atoms with van der Waals surface area (Å²) in [5, 5.41) is 10.7. The van der Waals surface area contributed by atoms with Gasteiger partial charge >= 0.3 is 0 Å². The van der Waals surface area contributed by atoms with Gasteiger partial charge in [0.05, 0.1) is 0 Å². The lowest BCUT2D eigenvalue weighted by Crippen LogP contribution is -2.01. The lowest BCUT2D eigenvalue weighted by Gasteiger charge is -2.09. The second-order valence-corrected chi connectivity index (χ2v) is 4.04. The molecule has 0 aliphatic rings. The molecule has 4 N–H and O–H groups in total. The highest BCUT2D eigenvalue weighted by Crippen LogP contribution is 2.23. The van der Waals surface area contributed by atoms with Gasteiger partial charge in [0.15, 0.2) is 0 Å². The summed E-state index contributed by atoms with van der Waals surface area (Å²) >= 11 is 5.87. The number of aromatic amines is 1. The number of benzene rings is 1. The smallest absolute Gasteiger partial charge is 0.119 e. The number of halogens is 1. The van der Waals surface area contributed by atoms with Crippen LogP contribution in [0, 0.1) is 0 Å². The first-order valence-corrected chi connectivity index (χ1v) is 5.40. The van der Waals surface area contributed by atoms with Crippen molar-refractivity contribution in [2.45, 2.75) is 12.6 Å². The molecule has 2 aromatic rings. The number of nitrogens with two attached hydrogens (primary N) is 1. The third kappa shape index (κ3) is 2.27. The highest BCUT2D eigenvalue weighted by atomic mass is 35.5.